The number of carbonyl (C=O) groups excluding carboxylic acids is 1. The summed E-state index contributed by atoms with van der Waals surface area (Å²) in [5.74, 6) is 29.3. The van der Waals surface area contributed by atoms with E-state index in [-0.39, 0.29) is 18.6 Å². The smallest absolute Gasteiger partial charge is 0.220 e. The Morgan fingerprint density at radius 1 is 0.682 bits per heavy atom. The van der Waals surface area contributed by atoms with Crippen LogP contribution in [0.4, 0.5) is 0 Å². The summed E-state index contributed by atoms with van der Waals surface area (Å²) in [6.07, 6.45) is 28.3. The van der Waals surface area contributed by atoms with Crippen LogP contribution in [0.1, 0.15) is 142 Å². The van der Waals surface area contributed by atoms with Gasteiger partial charge in [0.1, 0.15) is 0 Å². The molecule has 44 heavy (non-hydrogen) atoms. The molecule has 2 N–H and O–H groups in total. The molecule has 1 amide bonds. The molecule has 0 saturated heterocycles. The van der Waals surface area contributed by atoms with Crippen LogP contribution in [-0.4, -0.2) is 36.9 Å². The fourth-order valence-electron chi connectivity index (χ4n) is 4.74. The largest absolute Gasteiger partial charge is 0.394 e. The molecule has 0 fully saturated rings. The number of terminal acetylenes is 1. The molecule has 0 aromatic carbocycles. The molecular formula is C40H57NO3. The number of carbonyl (C=O) groups is 1. The molecule has 4 heteroatoms. The van der Waals surface area contributed by atoms with Crippen LogP contribution in [0.2, 0.25) is 0 Å². The van der Waals surface area contributed by atoms with Gasteiger partial charge in [-0.25, -0.2) is 0 Å². The molecule has 240 valence electrons. The Balaban J connectivity index is 4.35. The molecule has 0 unspecified atom stereocenters. The number of hydrogen-bond acceptors (Lipinski definition) is 3. The summed E-state index contributed by atoms with van der Waals surface area (Å²) in [5.41, 5.74) is 0. The van der Waals surface area contributed by atoms with Gasteiger partial charge in [-0.05, 0) is 84.4 Å². The highest BCUT2D eigenvalue weighted by Crippen LogP contribution is 2.18. The van der Waals surface area contributed by atoms with Gasteiger partial charge in [0, 0.05) is 19.4 Å². The lowest BCUT2D eigenvalue weighted by molar-refractivity contribution is -0.122. The first-order valence-electron chi connectivity index (χ1n) is 17.1. The van der Waals surface area contributed by atoms with Crippen molar-refractivity contribution in [3.05, 3.63) is 0 Å². The van der Waals surface area contributed by atoms with Crippen molar-refractivity contribution < 1.29 is 14.6 Å². The first-order valence-corrected chi connectivity index (χ1v) is 17.1. The Bertz CT molecular complexity index is 1070. The van der Waals surface area contributed by atoms with Gasteiger partial charge in [-0.3, -0.25) is 4.79 Å². The third-order valence-electron chi connectivity index (χ3n) is 7.35. The average molecular weight is 600 g/mol. The summed E-state index contributed by atoms with van der Waals surface area (Å²) in [4.78, 5) is 12.4. The van der Waals surface area contributed by atoms with Crippen molar-refractivity contribution in [2.24, 2.45) is 5.92 Å². The third kappa shape index (κ3) is 30.2. The van der Waals surface area contributed by atoms with E-state index in [1.807, 2.05) is 0 Å². The van der Waals surface area contributed by atoms with E-state index in [9.17, 15) is 9.90 Å². The average Bonchev–Trinajstić information content (AvgIpc) is 3.03. The number of aliphatic hydroxyl groups excluding tert-OH is 1. The molecular weight excluding hydrogens is 542 g/mol. The van der Waals surface area contributed by atoms with Crippen LogP contribution in [0.3, 0.4) is 0 Å². The van der Waals surface area contributed by atoms with Crippen molar-refractivity contribution in [1.82, 2.24) is 5.32 Å². The van der Waals surface area contributed by atoms with Crippen LogP contribution >= 0.6 is 0 Å². The van der Waals surface area contributed by atoms with E-state index in [4.69, 9.17) is 11.2 Å². The van der Waals surface area contributed by atoms with Crippen molar-refractivity contribution in [2.75, 3.05) is 19.8 Å². The van der Waals surface area contributed by atoms with E-state index in [1.54, 1.807) is 0 Å². The SMILES string of the molecule is C#CC#CC#CC#CC#CC#CC[C@@H](CCCCCCC)CCOC[C@H](CO)NC(=O)CCCCCCCCCCCCC. The van der Waals surface area contributed by atoms with Gasteiger partial charge >= 0.3 is 0 Å². The van der Waals surface area contributed by atoms with Gasteiger partial charge in [0.15, 0.2) is 0 Å². The first kappa shape index (κ1) is 40.8. The topological polar surface area (TPSA) is 58.6 Å². The van der Waals surface area contributed by atoms with E-state index in [1.165, 1.54) is 89.9 Å². The van der Waals surface area contributed by atoms with Crippen LogP contribution in [0.25, 0.3) is 0 Å². The molecule has 0 spiro atoms. The summed E-state index contributed by atoms with van der Waals surface area (Å²) in [5, 5.41) is 12.7. The molecule has 4 nitrogen and oxygen atoms in total. The molecule has 0 bridgehead atoms. The van der Waals surface area contributed by atoms with Crippen LogP contribution in [0.15, 0.2) is 0 Å². The number of nitrogens with one attached hydrogen (secondary N) is 1. The number of aliphatic hydroxyl groups is 1. The predicted octanol–water partition coefficient (Wildman–Crippen LogP) is 7.59. The summed E-state index contributed by atoms with van der Waals surface area (Å²) < 4.78 is 5.88. The van der Waals surface area contributed by atoms with E-state index in [0.29, 0.717) is 25.6 Å². The molecule has 0 aromatic rings. The number of rotatable bonds is 26. The Morgan fingerprint density at radius 2 is 1.18 bits per heavy atom. The Labute approximate surface area is 271 Å². The normalized spacial score (nSPS) is 10.9. The van der Waals surface area contributed by atoms with E-state index in [2.05, 4.69) is 84.3 Å². The molecule has 0 radical (unpaired) electrons. The number of ether oxygens (including phenoxy) is 1. The molecule has 0 aromatic heterocycles. The van der Waals surface area contributed by atoms with Gasteiger partial charge in [-0.2, -0.15) is 0 Å². The van der Waals surface area contributed by atoms with Crippen LogP contribution in [-0.2, 0) is 9.53 Å². The van der Waals surface area contributed by atoms with Gasteiger partial charge in [0.05, 0.1) is 19.3 Å². The Hall–Kier alpha value is -3.25. The highest BCUT2D eigenvalue weighted by atomic mass is 16.5. The zero-order valence-electron chi connectivity index (χ0n) is 27.8. The van der Waals surface area contributed by atoms with Gasteiger partial charge in [-0.15, -0.1) is 6.42 Å². The van der Waals surface area contributed by atoms with Crippen LogP contribution in [0.5, 0.6) is 0 Å². The quantitative estimate of drug-likeness (QED) is 0.0796. The van der Waals surface area contributed by atoms with Gasteiger partial charge < -0.3 is 15.2 Å². The predicted molar refractivity (Wildman–Crippen MR) is 185 cm³/mol. The Kier molecular flexibility index (Phi) is 31.7. The molecule has 0 saturated carbocycles. The molecule has 0 heterocycles. The fourth-order valence-corrected chi connectivity index (χ4v) is 4.74. The van der Waals surface area contributed by atoms with Gasteiger partial charge in [0.2, 0.25) is 5.91 Å². The highest BCUT2D eigenvalue weighted by molar-refractivity contribution is 5.76. The number of unbranched alkanes of at least 4 members (excludes halogenated alkanes) is 14. The zero-order valence-corrected chi connectivity index (χ0v) is 27.8. The molecule has 2 atom stereocenters. The van der Waals surface area contributed by atoms with Crippen LogP contribution < -0.4 is 5.32 Å². The highest BCUT2D eigenvalue weighted by Gasteiger charge is 2.13. The lowest BCUT2D eigenvalue weighted by Crippen LogP contribution is -2.40. The van der Waals surface area contributed by atoms with Gasteiger partial charge in [0.25, 0.3) is 0 Å². The molecule has 0 aliphatic heterocycles. The maximum Gasteiger partial charge on any atom is 0.220 e. The number of hydrogen-bond donors (Lipinski definition) is 2. The third-order valence-corrected chi connectivity index (χ3v) is 7.35. The summed E-state index contributed by atoms with van der Waals surface area (Å²) in [6, 6.07) is -0.368. The van der Waals surface area contributed by atoms with Crippen LogP contribution in [0, 0.1) is 77.5 Å². The lowest BCUT2D eigenvalue weighted by atomic mass is 9.94. The van der Waals surface area contributed by atoms with Crippen molar-refractivity contribution >= 4 is 5.91 Å². The minimum Gasteiger partial charge on any atom is -0.394 e. The van der Waals surface area contributed by atoms with E-state index >= 15 is 0 Å². The second-order valence-electron chi connectivity index (χ2n) is 11.3. The summed E-state index contributed by atoms with van der Waals surface area (Å²) in [7, 11) is 0. The van der Waals surface area contributed by atoms with E-state index in [0.717, 1.165) is 32.1 Å². The maximum absolute atomic E-state index is 12.4. The minimum absolute atomic E-state index is 0.000724. The standard InChI is InChI=1S/C40H57NO3/c1-4-7-10-13-15-17-19-21-23-26-29-32-38(31-28-25-12-9-6-3)34-35-44-37-39(36-42)41-40(43)33-30-27-24-22-20-18-16-14-11-8-5-2/h1,38-39,42H,5-6,8-9,11-12,14,16,18,20,22,24-25,27-28,30-37H2,2-3H3,(H,41,43)/t38-,39+/m1/s1. The minimum atomic E-state index is -0.368. The Morgan fingerprint density at radius 3 is 1.73 bits per heavy atom. The zero-order chi connectivity index (χ0) is 32.2. The second kappa shape index (κ2) is 34.2. The van der Waals surface area contributed by atoms with Crippen molar-refractivity contribution in [1.29, 1.82) is 0 Å². The summed E-state index contributed by atoms with van der Waals surface area (Å²) >= 11 is 0. The molecule has 0 aliphatic carbocycles. The van der Waals surface area contributed by atoms with E-state index < -0.39 is 0 Å². The molecule has 0 aliphatic rings. The monoisotopic (exact) mass is 599 g/mol. The summed E-state index contributed by atoms with van der Waals surface area (Å²) in [6.45, 7) is 5.24. The lowest BCUT2D eigenvalue weighted by Gasteiger charge is -2.18. The molecule has 0 rings (SSSR count). The van der Waals surface area contributed by atoms with Gasteiger partial charge in [-0.1, -0.05) is 116 Å². The second-order valence-corrected chi connectivity index (χ2v) is 11.3. The first-order chi connectivity index (χ1) is 21.7. The number of amides is 1. The maximum atomic E-state index is 12.4. The van der Waals surface area contributed by atoms with Crippen molar-refractivity contribution in [3.8, 4) is 71.5 Å². The van der Waals surface area contributed by atoms with Crippen molar-refractivity contribution in [3.63, 3.8) is 0 Å². The fraction of sp³-hybridized carbons (Fsp3) is 0.675. The van der Waals surface area contributed by atoms with Crippen molar-refractivity contribution in [2.45, 2.75) is 148 Å².